The van der Waals surface area contributed by atoms with Gasteiger partial charge in [0.15, 0.2) is 11.5 Å². The van der Waals surface area contributed by atoms with Crippen LogP contribution in [0.2, 0.25) is 5.02 Å². The number of rotatable bonds is 7. The van der Waals surface area contributed by atoms with Crippen molar-refractivity contribution in [3.05, 3.63) is 27.6 Å². The zero-order valence-electron chi connectivity index (χ0n) is 14.5. The molecule has 0 saturated carbocycles. The summed E-state index contributed by atoms with van der Waals surface area (Å²) in [6.45, 7) is 3.65. The summed E-state index contributed by atoms with van der Waals surface area (Å²) in [5.74, 6) is -0.376. The molecule has 1 aliphatic rings. The first kappa shape index (κ1) is 20.1. The molecule has 1 aromatic carbocycles. The molecule has 9 heteroatoms. The Kier molecular flexibility index (Phi) is 6.93. The van der Waals surface area contributed by atoms with E-state index in [1.54, 1.807) is 19.1 Å². The lowest BCUT2D eigenvalue weighted by atomic mass is 10.1. The van der Waals surface area contributed by atoms with Gasteiger partial charge in [-0.15, -0.1) is 0 Å². The second-order valence-electron chi connectivity index (χ2n) is 5.04. The molecule has 0 bridgehead atoms. The highest BCUT2D eigenvalue weighted by molar-refractivity contribution is 8.18. The predicted molar refractivity (Wildman–Crippen MR) is 98.5 cm³/mol. The highest BCUT2D eigenvalue weighted by Gasteiger charge is 2.36. The van der Waals surface area contributed by atoms with E-state index < -0.39 is 23.7 Å². The van der Waals surface area contributed by atoms with Crippen LogP contribution >= 0.6 is 23.4 Å². The smallest absolute Gasteiger partial charge is 0.326 e. The van der Waals surface area contributed by atoms with E-state index in [2.05, 4.69) is 0 Å². The van der Waals surface area contributed by atoms with Crippen LogP contribution in [0, 0.1) is 0 Å². The summed E-state index contributed by atoms with van der Waals surface area (Å²) in [6.07, 6.45) is 1.51. The van der Waals surface area contributed by atoms with E-state index in [-0.39, 0.29) is 11.5 Å². The summed E-state index contributed by atoms with van der Waals surface area (Å²) in [5.41, 5.74) is 0.567. The van der Waals surface area contributed by atoms with Crippen LogP contribution in [0.25, 0.3) is 6.08 Å². The highest BCUT2D eigenvalue weighted by atomic mass is 35.5. The second kappa shape index (κ2) is 8.95. The van der Waals surface area contributed by atoms with E-state index >= 15 is 0 Å². The van der Waals surface area contributed by atoms with Gasteiger partial charge in [-0.25, -0.2) is 0 Å². The summed E-state index contributed by atoms with van der Waals surface area (Å²) >= 11 is 6.96. The van der Waals surface area contributed by atoms with E-state index in [9.17, 15) is 14.4 Å². The summed E-state index contributed by atoms with van der Waals surface area (Å²) in [6, 6.07) is 3.25. The lowest BCUT2D eigenvalue weighted by Crippen LogP contribution is -2.34. The number of ether oxygens (including phenoxy) is 3. The number of hydrogen-bond acceptors (Lipinski definition) is 7. The molecular formula is C17H18ClNO6S. The van der Waals surface area contributed by atoms with E-state index in [4.69, 9.17) is 25.8 Å². The van der Waals surface area contributed by atoms with Crippen LogP contribution in [0.5, 0.6) is 11.5 Å². The molecule has 2 rings (SSSR count). The van der Waals surface area contributed by atoms with Crippen LogP contribution < -0.4 is 9.47 Å². The molecule has 1 fully saturated rings. The first-order valence-corrected chi connectivity index (χ1v) is 9.02. The molecule has 0 radical (unpaired) electrons. The van der Waals surface area contributed by atoms with Gasteiger partial charge in [-0.2, -0.15) is 0 Å². The number of methoxy groups -OCH3 is 1. The number of imide groups is 1. The number of nitrogens with zero attached hydrogens (tertiary/aromatic N) is 1. The largest absolute Gasteiger partial charge is 0.493 e. The predicted octanol–water partition coefficient (Wildman–Crippen LogP) is 3.35. The van der Waals surface area contributed by atoms with E-state index in [0.29, 0.717) is 28.7 Å². The van der Waals surface area contributed by atoms with Crippen LogP contribution in [0.3, 0.4) is 0 Å². The van der Waals surface area contributed by atoms with Crippen LogP contribution in [0.1, 0.15) is 19.4 Å². The van der Waals surface area contributed by atoms with E-state index in [1.165, 1.54) is 13.2 Å². The Morgan fingerprint density at radius 2 is 2.00 bits per heavy atom. The molecule has 0 N–H and O–H groups in total. The van der Waals surface area contributed by atoms with Crippen molar-refractivity contribution in [1.29, 1.82) is 0 Å². The molecule has 140 valence electrons. The maximum Gasteiger partial charge on any atom is 0.326 e. The standard InChI is InChI=1S/C17H18ClNO6S/c1-4-24-14(20)9-19-16(21)13(26-17(19)22)8-10-6-11(18)15(25-5-2)12(7-10)23-3/h6-8H,4-5,9H2,1-3H3. The summed E-state index contributed by atoms with van der Waals surface area (Å²) in [7, 11) is 1.48. The third-order valence-electron chi connectivity index (χ3n) is 3.30. The SMILES string of the molecule is CCOC(=O)CN1C(=O)SC(=Cc2cc(Cl)c(OCC)c(OC)c2)C1=O. The third-order valence-corrected chi connectivity index (χ3v) is 4.49. The topological polar surface area (TPSA) is 82.1 Å². The van der Waals surface area contributed by atoms with Gasteiger partial charge in [0.05, 0.1) is 30.3 Å². The van der Waals surface area contributed by atoms with Gasteiger partial charge in [-0.3, -0.25) is 19.3 Å². The van der Waals surface area contributed by atoms with Crippen molar-refractivity contribution in [1.82, 2.24) is 4.90 Å². The van der Waals surface area contributed by atoms with Crippen LogP contribution in [-0.2, 0) is 14.3 Å². The maximum absolute atomic E-state index is 12.4. The van der Waals surface area contributed by atoms with Gasteiger partial charge in [-0.05, 0) is 49.4 Å². The van der Waals surface area contributed by atoms with Crippen molar-refractivity contribution >= 4 is 46.6 Å². The molecule has 2 amide bonds. The molecular weight excluding hydrogens is 382 g/mol. The van der Waals surface area contributed by atoms with Crippen molar-refractivity contribution in [2.45, 2.75) is 13.8 Å². The van der Waals surface area contributed by atoms with Gasteiger partial charge >= 0.3 is 5.97 Å². The van der Waals surface area contributed by atoms with Crippen molar-refractivity contribution < 1.29 is 28.6 Å². The van der Waals surface area contributed by atoms with E-state index in [1.807, 2.05) is 6.92 Å². The van der Waals surface area contributed by atoms with Crippen LogP contribution in [0.15, 0.2) is 17.0 Å². The number of carbonyl (C=O) groups is 3. The number of amides is 2. The molecule has 26 heavy (non-hydrogen) atoms. The molecule has 0 unspecified atom stereocenters. The molecule has 0 spiro atoms. The summed E-state index contributed by atoms with van der Waals surface area (Å²) in [5, 5.41) is -0.207. The summed E-state index contributed by atoms with van der Waals surface area (Å²) in [4.78, 5) is 37.0. The number of hydrogen-bond donors (Lipinski definition) is 0. The third kappa shape index (κ3) is 4.50. The van der Waals surface area contributed by atoms with Gasteiger partial charge in [0, 0.05) is 0 Å². The number of carbonyl (C=O) groups excluding carboxylic acids is 3. The van der Waals surface area contributed by atoms with Crippen LogP contribution in [-0.4, -0.2) is 48.9 Å². The first-order valence-electron chi connectivity index (χ1n) is 7.82. The molecule has 0 aliphatic carbocycles. The number of esters is 1. The minimum atomic E-state index is -0.637. The van der Waals surface area contributed by atoms with Crippen molar-refractivity contribution in [2.75, 3.05) is 26.9 Å². The number of benzene rings is 1. The minimum absolute atomic E-state index is 0.176. The van der Waals surface area contributed by atoms with Crippen LogP contribution in [0.4, 0.5) is 4.79 Å². The van der Waals surface area contributed by atoms with Gasteiger partial charge in [0.1, 0.15) is 6.54 Å². The summed E-state index contributed by atoms with van der Waals surface area (Å²) < 4.78 is 15.5. The molecule has 1 saturated heterocycles. The van der Waals surface area contributed by atoms with Crippen molar-refractivity contribution in [3.63, 3.8) is 0 Å². The molecule has 1 aliphatic heterocycles. The molecule has 0 aromatic heterocycles. The fourth-order valence-electron chi connectivity index (χ4n) is 2.23. The lowest BCUT2D eigenvalue weighted by Gasteiger charge is -2.12. The Labute approximate surface area is 160 Å². The van der Waals surface area contributed by atoms with Gasteiger partial charge in [0.2, 0.25) is 0 Å². The molecule has 1 aromatic rings. The second-order valence-corrected chi connectivity index (χ2v) is 6.44. The Bertz CT molecular complexity index is 764. The fraction of sp³-hybridized carbons (Fsp3) is 0.353. The number of halogens is 1. The molecule has 7 nitrogen and oxygen atoms in total. The maximum atomic E-state index is 12.4. The molecule has 0 atom stereocenters. The zero-order chi connectivity index (χ0) is 19.3. The lowest BCUT2D eigenvalue weighted by molar-refractivity contribution is -0.145. The average Bonchev–Trinajstić information content (AvgIpc) is 2.84. The Morgan fingerprint density at radius 1 is 1.27 bits per heavy atom. The van der Waals surface area contributed by atoms with Gasteiger partial charge < -0.3 is 14.2 Å². The van der Waals surface area contributed by atoms with Gasteiger partial charge in [0.25, 0.3) is 11.1 Å². The first-order chi connectivity index (χ1) is 12.4. The normalized spacial score (nSPS) is 15.5. The highest BCUT2D eigenvalue weighted by Crippen LogP contribution is 2.38. The Balaban J connectivity index is 2.27. The van der Waals surface area contributed by atoms with E-state index in [0.717, 1.165) is 16.7 Å². The zero-order valence-corrected chi connectivity index (χ0v) is 16.1. The fourth-order valence-corrected chi connectivity index (χ4v) is 3.34. The Hall–Kier alpha value is -2.19. The monoisotopic (exact) mass is 399 g/mol. The average molecular weight is 400 g/mol. The van der Waals surface area contributed by atoms with Crippen molar-refractivity contribution in [2.24, 2.45) is 0 Å². The molecule has 1 heterocycles. The van der Waals surface area contributed by atoms with Crippen molar-refractivity contribution in [3.8, 4) is 11.5 Å². The number of thioether (sulfide) groups is 1. The van der Waals surface area contributed by atoms with Gasteiger partial charge in [-0.1, -0.05) is 11.6 Å². The quantitative estimate of drug-likeness (QED) is 0.513. The Morgan fingerprint density at radius 3 is 2.62 bits per heavy atom. The minimum Gasteiger partial charge on any atom is -0.493 e.